The summed E-state index contributed by atoms with van der Waals surface area (Å²) in [7, 11) is 0. The Kier molecular flexibility index (Phi) is 2.11. The van der Waals surface area contributed by atoms with Crippen LogP contribution in [0.2, 0.25) is 0 Å². The summed E-state index contributed by atoms with van der Waals surface area (Å²) in [5.74, 6) is 0.539. The zero-order valence-electron chi connectivity index (χ0n) is 5.71. The smallest absolute Gasteiger partial charge is 0.404 e. The number of hydrogen-bond acceptors (Lipinski definition) is 2. The van der Waals surface area contributed by atoms with E-state index < -0.39 is 6.09 Å². The minimum Gasteiger partial charge on any atom is -0.465 e. The van der Waals surface area contributed by atoms with E-state index in [1.807, 2.05) is 0 Å². The van der Waals surface area contributed by atoms with Crippen LogP contribution >= 0.6 is 0 Å². The van der Waals surface area contributed by atoms with Gasteiger partial charge in [0, 0.05) is 6.04 Å². The van der Waals surface area contributed by atoms with Crippen molar-refractivity contribution in [2.24, 2.45) is 11.7 Å². The topological polar surface area (TPSA) is 75.3 Å². The van der Waals surface area contributed by atoms with E-state index in [9.17, 15) is 4.79 Å². The molecular weight excluding hydrogens is 132 g/mol. The van der Waals surface area contributed by atoms with Crippen LogP contribution < -0.4 is 11.1 Å². The van der Waals surface area contributed by atoms with Crippen LogP contribution in [0.15, 0.2) is 0 Å². The first kappa shape index (κ1) is 7.34. The number of carbonyl (C=O) groups is 1. The van der Waals surface area contributed by atoms with Crippen molar-refractivity contribution in [3.8, 4) is 0 Å². The van der Waals surface area contributed by atoms with Crippen LogP contribution in [0.4, 0.5) is 4.79 Å². The molecular formula is C6H12N2O2. The molecule has 0 unspecified atom stereocenters. The monoisotopic (exact) mass is 144 g/mol. The van der Waals surface area contributed by atoms with Gasteiger partial charge >= 0.3 is 6.09 Å². The van der Waals surface area contributed by atoms with Crippen LogP contribution in [0.3, 0.4) is 0 Å². The molecule has 1 aliphatic rings. The molecule has 0 aromatic heterocycles. The molecule has 1 saturated carbocycles. The lowest BCUT2D eigenvalue weighted by molar-refractivity contribution is 0.168. The summed E-state index contributed by atoms with van der Waals surface area (Å²) >= 11 is 0. The van der Waals surface area contributed by atoms with E-state index in [0.29, 0.717) is 12.5 Å². The normalized spacial score (nSPS) is 30.9. The molecule has 58 valence electrons. The lowest BCUT2D eigenvalue weighted by atomic mass is 9.80. The van der Waals surface area contributed by atoms with Gasteiger partial charge in [0.1, 0.15) is 0 Å². The van der Waals surface area contributed by atoms with Gasteiger partial charge in [-0.25, -0.2) is 4.79 Å². The summed E-state index contributed by atoms with van der Waals surface area (Å²) in [4.78, 5) is 10.1. The summed E-state index contributed by atoms with van der Waals surface area (Å²) in [6.07, 6.45) is 0.881. The second-order valence-corrected chi connectivity index (χ2v) is 2.72. The predicted molar refractivity (Wildman–Crippen MR) is 36.7 cm³/mol. The van der Waals surface area contributed by atoms with Crippen LogP contribution in [0.5, 0.6) is 0 Å². The van der Waals surface area contributed by atoms with Crippen molar-refractivity contribution in [2.75, 3.05) is 6.54 Å². The Morgan fingerprint density at radius 1 is 1.70 bits per heavy atom. The van der Waals surface area contributed by atoms with Gasteiger partial charge in [0.15, 0.2) is 0 Å². The van der Waals surface area contributed by atoms with Crippen molar-refractivity contribution < 1.29 is 9.90 Å². The molecule has 1 amide bonds. The molecule has 1 rings (SSSR count). The number of amides is 1. The third-order valence-corrected chi connectivity index (χ3v) is 1.90. The van der Waals surface area contributed by atoms with Gasteiger partial charge in [-0.05, 0) is 25.3 Å². The van der Waals surface area contributed by atoms with Crippen molar-refractivity contribution in [1.29, 1.82) is 0 Å². The Bertz CT molecular complexity index is 132. The minimum atomic E-state index is -0.930. The lowest BCUT2D eigenvalue weighted by Crippen LogP contribution is -2.45. The second kappa shape index (κ2) is 2.88. The van der Waals surface area contributed by atoms with Crippen LogP contribution in [0.1, 0.15) is 12.8 Å². The van der Waals surface area contributed by atoms with Crippen molar-refractivity contribution in [3.05, 3.63) is 0 Å². The summed E-state index contributed by atoms with van der Waals surface area (Å²) < 4.78 is 0. The molecule has 0 atom stereocenters. The summed E-state index contributed by atoms with van der Waals surface area (Å²) in [6, 6.07) is 0.158. The first-order valence-corrected chi connectivity index (χ1v) is 3.42. The van der Waals surface area contributed by atoms with Gasteiger partial charge in [0.2, 0.25) is 0 Å². The maximum Gasteiger partial charge on any atom is 0.404 e. The van der Waals surface area contributed by atoms with Crippen molar-refractivity contribution >= 4 is 6.09 Å². The molecule has 1 aliphatic carbocycles. The van der Waals surface area contributed by atoms with E-state index in [2.05, 4.69) is 5.32 Å². The molecule has 4 heteroatoms. The molecule has 0 heterocycles. The number of hydrogen-bond donors (Lipinski definition) is 3. The van der Waals surface area contributed by atoms with Gasteiger partial charge in [-0.15, -0.1) is 0 Å². The largest absolute Gasteiger partial charge is 0.465 e. The molecule has 4 nitrogen and oxygen atoms in total. The van der Waals surface area contributed by atoms with Crippen molar-refractivity contribution in [2.45, 2.75) is 18.9 Å². The van der Waals surface area contributed by atoms with Gasteiger partial charge < -0.3 is 16.2 Å². The van der Waals surface area contributed by atoms with Gasteiger partial charge in [-0.3, -0.25) is 0 Å². The quantitative estimate of drug-likeness (QED) is 0.510. The molecule has 0 aliphatic heterocycles. The van der Waals surface area contributed by atoms with Crippen molar-refractivity contribution in [3.63, 3.8) is 0 Å². The second-order valence-electron chi connectivity index (χ2n) is 2.72. The number of rotatable bonds is 2. The fraction of sp³-hybridized carbons (Fsp3) is 0.833. The van der Waals surface area contributed by atoms with Crippen LogP contribution in [0, 0.1) is 5.92 Å². The Morgan fingerprint density at radius 3 is 2.70 bits per heavy atom. The third kappa shape index (κ3) is 1.60. The number of carboxylic acid groups (broad SMARTS) is 1. The summed E-state index contributed by atoms with van der Waals surface area (Å²) in [5.41, 5.74) is 5.35. The van der Waals surface area contributed by atoms with E-state index in [-0.39, 0.29) is 6.04 Å². The maximum absolute atomic E-state index is 10.1. The highest BCUT2D eigenvalue weighted by Crippen LogP contribution is 2.25. The highest BCUT2D eigenvalue weighted by molar-refractivity contribution is 5.64. The zero-order chi connectivity index (χ0) is 7.56. The Morgan fingerprint density at radius 2 is 2.30 bits per heavy atom. The highest BCUT2D eigenvalue weighted by Gasteiger charge is 2.28. The fourth-order valence-electron chi connectivity index (χ4n) is 1.22. The minimum absolute atomic E-state index is 0.158. The van der Waals surface area contributed by atoms with Crippen LogP contribution in [-0.2, 0) is 0 Å². The first-order valence-electron chi connectivity index (χ1n) is 3.42. The number of nitrogens with two attached hydrogens (primary N) is 1. The van der Waals surface area contributed by atoms with E-state index in [4.69, 9.17) is 10.8 Å². The first-order chi connectivity index (χ1) is 4.72. The molecule has 10 heavy (non-hydrogen) atoms. The molecule has 0 saturated heterocycles. The third-order valence-electron chi connectivity index (χ3n) is 1.90. The molecule has 1 fully saturated rings. The van der Waals surface area contributed by atoms with E-state index in [0.717, 1.165) is 12.8 Å². The van der Waals surface area contributed by atoms with Crippen LogP contribution in [0.25, 0.3) is 0 Å². The van der Waals surface area contributed by atoms with E-state index >= 15 is 0 Å². The molecule has 0 spiro atoms. The van der Waals surface area contributed by atoms with Gasteiger partial charge in [0.05, 0.1) is 0 Å². The van der Waals surface area contributed by atoms with Gasteiger partial charge in [0.25, 0.3) is 0 Å². The van der Waals surface area contributed by atoms with E-state index in [1.165, 1.54) is 0 Å². The highest BCUT2D eigenvalue weighted by atomic mass is 16.4. The average Bonchev–Trinajstić information content (AvgIpc) is 1.76. The lowest BCUT2D eigenvalue weighted by Gasteiger charge is -2.33. The van der Waals surface area contributed by atoms with Gasteiger partial charge in [-0.1, -0.05) is 0 Å². The Hall–Kier alpha value is -0.770. The summed E-state index contributed by atoms with van der Waals surface area (Å²) in [6.45, 7) is 0.678. The molecule has 0 aromatic rings. The van der Waals surface area contributed by atoms with Gasteiger partial charge in [-0.2, -0.15) is 0 Å². The molecule has 4 N–H and O–H groups in total. The fourth-order valence-corrected chi connectivity index (χ4v) is 1.22. The standard InChI is InChI=1S/C6H12N2O2/c7-3-4-1-5(2-4)8-6(9)10/h4-5,8H,1-3,7H2,(H,9,10)/t4-,5-. The number of nitrogens with one attached hydrogen (secondary N) is 1. The zero-order valence-corrected chi connectivity index (χ0v) is 5.71. The SMILES string of the molecule is NC[C@H]1C[C@H](NC(=O)O)C1. The molecule has 0 aromatic carbocycles. The van der Waals surface area contributed by atoms with E-state index in [1.54, 1.807) is 0 Å². The maximum atomic E-state index is 10.1. The Labute approximate surface area is 59.4 Å². The predicted octanol–water partition coefficient (Wildman–Crippen LogP) is -0.00870. The molecule has 0 radical (unpaired) electrons. The van der Waals surface area contributed by atoms with Crippen molar-refractivity contribution in [1.82, 2.24) is 5.32 Å². The summed E-state index contributed by atoms with van der Waals surface area (Å²) in [5, 5.41) is 10.7. The molecule has 0 bridgehead atoms. The Balaban J connectivity index is 2.08. The average molecular weight is 144 g/mol. The van der Waals surface area contributed by atoms with Crippen LogP contribution in [-0.4, -0.2) is 23.8 Å².